The first-order valence-corrected chi connectivity index (χ1v) is 7.97. The number of likely N-dealkylation sites (tertiary alicyclic amines) is 1. The Balaban J connectivity index is 0.00000288. The van der Waals surface area contributed by atoms with E-state index in [1.54, 1.807) is 11.0 Å². The van der Waals surface area contributed by atoms with E-state index < -0.39 is 17.7 Å². The maximum atomic E-state index is 12.9. The number of hydrogen-bond donors (Lipinski definition) is 1. The van der Waals surface area contributed by atoms with Gasteiger partial charge in [0.2, 0.25) is 5.91 Å². The molecule has 1 N–H and O–H groups in total. The minimum absolute atomic E-state index is 0. The highest BCUT2D eigenvalue weighted by Gasteiger charge is 2.33. The summed E-state index contributed by atoms with van der Waals surface area (Å²) in [6.07, 6.45) is -2.96. The normalized spacial score (nSPS) is 19.0. The fraction of sp³-hybridized carbons (Fsp3) is 0.588. The van der Waals surface area contributed by atoms with Gasteiger partial charge in [0.15, 0.2) is 0 Å². The summed E-state index contributed by atoms with van der Waals surface area (Å²) in [7, 11) is 1.88. The van der Waals surface area contributed by atoms with Crippen molar-refractivity contribution in [2.24, 2.45) is 5.92 Å². The monoisotopic (exact) mass is 364 g/mol. The quantitative estimate of drug-likeness (QED) is 0.864. The van der Waals surface area contributed by atoms with Crippen LogP contribution in [0.15, 0.2) is 24.3 Å². The molecule has 1 aromatic carbocycles. The maximum Gasteiger partial charge on any atom is 0.416 e. The average Bonchev–Trinajstić information content (AvgIpc) is 2.96. The van der Waals surface area contributed by atoms with Gasteiger partial charge in [-0.25, -0.2) is 0 Å². The molecule has 2 atom stereocenters. The third-order valence-corrected chi connectivity index (χ3v) is 4.41. The molecule has 0 spiro atoms. The smallest absolute Gasteiger partial charge is 0.342 e. The number of carbonyl (C=O) groups excluding carboxylic acids is 1. The van der Waals surface area contributed by atoms with Crippen molar-refractivity contribution in [2.45, 2.75) is 31.9 Å². The number of carbonyl (C=O) groups is 1. The SMILES string of the molecule is CCC(C(=O)N1CCC(CNC)C1)c1cccc(C(F)(F)F)c1.Cl. The Labute approximate surface area is 147 Å². The number of hydrogen-bond acceptors (Lipinski definition) is 2. The molecule has 1 amide bonds. The lowest BCUT2D eigenvalue weighted by atomic mass is 9.93. The molecule has 1 saturated heterocycles. The molecule has 0 aromatic heterocycles. The van der Waals surface area contributed by atoms with Gasteiger partial charge in [-0.05, 0) is 44.0 Å². The molecule has 136 valence electrons. The molecule has 24 heavy (non-hydrogen) atoms. The molecule has 1 fully saturated rings. The van der Waals surface area contributed by atoms with Gasteiger partial charge in [0.1, 0.15) is 0 Å². The Bertz CT molecular complexity index is 551. The molecule has 0 bridgehead atoms. The lowest BCUT2D eigenvalue weighted by Crippen LogP contribution is -2.34. The summed E-state index contributed by atoms with van der Waals surface area (Å²) in [6, 6.07) is 5.14. The van der Waals surface area contributed by atoms with Crippen LogP contribution in [0.25, 0.3) is 0 Å². The fourth-order valence-electron chi connectivity index (χ4n) is 3.19. The zero-order chi connectivity index (χ0) is 17.0. The third kappa shape index (κ3) is 4.86. The lowest BCUT2D eigenvalue weighted by Gasteiger charge is -2.23. The molecular weight excluding hydrogens is 341 g/mol. The largest absolute Gasteiger partial charge is 0.416 e. The zero-order valence-electron chi connectivity index (χ0n) is 13.9. The van der Waals surface area contributed by atoms with E-state index in [0.29, 0.717) is 31.0 Å². The highest BCUT2D eigenvalue weighted by molar-refractivity contribution is 5.85. The molecule has 0 radical (unpaired) electrons. The van der Waals surface area contributed by atoms with Crippen molar-refractivity contribution in [2.75, 3.05) is 26.7 Å². The van der Waals surface area contributed by atoms with E-state index in [9.17, 15) is 18.0 Å². The van der Waals surface area contributed by atoms with Gasteiger partial charge in [-0.3, -0.25) is 4.79 Å². The first-order valence-electron chi connectivity index (χ1n) is 7.97. The Kier molecular flexibility index (Phi) is 7.55. The van der Waals surface area contributed by atoms with Crippen LogP contribution in [-0.4, -0.2) is 37.5 Å². The first kappa shape index (κ1) is 20.8. The van der Waals surface area contributed by atoms with Gasteiger partial charge in [-0.15, -0.1) is 12.4 Å². The van der Waals surface area contributed by atoms with Crippen molar-refractivity contribution < 1.29 is 18.0 Å². The van der Waals surface area contributed by atoms with E-state index in [-0.39, 0.29) is 18.3 Å². The van der Waals surface area contributed by atoms with E-state index in [0.717, 1.165) is 25.1 Å². The minimum Gasteiger partial charge on any atom is -0.342 e. The average molecular weight is 365 g/mol. The van der Waals surface area contributed by atoms with Crippen LogP contribution in [0.4, 0.5) is 13.2 Å². The topological polar surface area (TPSA) is 32.3 Å². The van der Waals surface area contributed by atoms with Crippen molar-refractivity contribution in [3.05, 3.63) is 35.4 Å². The van der Waals surface area contributed by atoms with Crippen LogP contribution in [0.5, 0.6) is 0 Å². The molecule has 7 heteroatoms. The molecule has 3 nitrogen and oxygen atoms in total. The van der Waals surface area contributed by atoms with Crippen LogP contribution < -0.4 is 5.32 Å². The number of nitrogens with one attached hydrogen (secondary N) is 1. The van der Waals surface area contributed by atoms with Crippen molar-refractivity contribution in [1.82, 2.24) is 10.2 Å². The molecule has 0 saturated carbocycles. The number of alkyl halides is 3. The number of benzene rings is 1. The predicted octanol–water partition coefficient (Wildman–Crippen LogP) is 3.69. The second-order valence-corrected chi connectivity index (χ2v) is 6.08. The Morgan fingerprint density at radius 2 is 2.12 bits per heavy atom. The Hall–Kier alpha value is -1.27. The number of nitrogens with zero attached hydrogens (tertiary/aromatic N) is 1. The molecule has 2 unspecified atom stereocenters. The summed E-state index contributed by atoms with van der Waals surface area (Å²) < 4.78 is 38.6. The third-order valence-electron chi connectivity index (χ3n) is 4.41. The lowest BCUT2D eigenvalue weighted by molar-refractivity contribution is -0.138. The van der Waals surface area contributed by atoms with Crippen molar-refractivity contribution in [3.63, 3.8) is 0 Å². The maximum absolute atomic E-state index is 12.9. The van der Waals surface area contributed by atoms with Gasteiger partial charge >= 0.3 is 6.18 Å². The highest BCUT2D eigenvalue weighted by atomic mass is 35.5. The number of rotatable bonds is 5. The van der Waals surface area contributed by atoms with E-state index in [1.165, 1.54) is 6.07 Å². The van der Waals surface area contributed by atoms with Crippen LogP contribution in [0.3, 0.4) is 0 Å². The molecule has 0 aliphatic carbocycles. The minimum atomic E-state index is -4.39. The number of amides is 1. The Morgan fingerprint density at radius 3 is 2.71 bits per heavy atom. The van der Waals surface area contributed by atoms with Gasteiger partial charge in [0.05, 0.1) is 11.5 Å². The summed E-state index contributed by atoms with van der Waals surface area (Å²) in [5.74, 6) is -0.154. The zero-order valence-corrected chi connectivity index (χ0v) is 14.7. The molecule has 1 aliphatic heterocycles. The number of halogens is 4. The standard InChI is InChI=1S/C17H23F3N2O.ClH/c1-3-15(13-5-4-6-14(9-13)17(18,19)20)16(23)22-8-7-12(11-22)10-21-2;/h4-6,9,12,15,21H,3,7-8,10-11H2,1-2H3;1H. The fourth-order valence-corrected chi connectivity index (χ4v) is 3.19. The summed E-state index contributed by atoms with van der Waals surface area (Å²) in [6.45, 7) is 4.05. The van der Waals surface area contributed by atoms with Gasteiger partial charge in [0.25, 0.3) is 0 Å². The van der Waals surface area contributed by atoms with Crippen LogP contribution in [-0.2, 0) is 11.0 Å². The van der Waals surface area contributed by atoms with E-state index in [4.69, 9.17) is 0 Å². The van der Waals surface area contributed by atoms with Crippen molar-refractivity contribution in [1.29, 1.82) is 0 Å². The summed E-state index contributed by atoms with van der Waals surface area (Å²) in [4.78, 5) is 14.5. The molecule has 2 rings (SSSR count). The summed E-state index contributed by atoms with van der Waals surface area (Å²) in [5, 5.41) is 3.11. The van der Waals surface area contributed by atoms with Gasteiger partial charge in [0, 0.05) is 13.1 Å². The second kappa shape index (κ2) is 8.72. The van der Waals surface area contributed by atoms with Gasteiger partial charge in [-0.2, -0.15) is 13.2 Å². The molecular formula is C17H24ClF3N2O. The van der Waals surface area contributed by atoms with Gasteiger partial charge < -0.3 is 10.2 Å². The Morgan fingerprint density at radius 1 is 1.42 bits per heavy atom. The molecule has 1 aromatic rings. The van der Waals surface area contributed by atoms with Crippen LogP contribution in [0.2, 0.25) is 0 Å². The summed E-state index contributed by atoms with van der Waals surface area (Å²) >= 11 is 0. The van der Waals surface area contributed by atoms with E-state index in [2.05, 4.69) is 5.32 Å². The van der Waals surface area contributed by atoms with E-state index in [1.807, 2.05) is 14.0 Å². The van der Waals surface area contributed by atoms with Crippen molar-refractivity contribution in [3.8, 4) is 0 Å². The first-order chi connectivity index (χ1) is 10.9. The second-order valence-electron chi connectivity index (χ2n) is 6.08. The highest BCUT2D eigenvalue weighted by Crippen LogP contribution is 2.33. The summed E-state index contributed by atoms with van der Waals surface area (Å²) in [5.41, 5.74) is -0.250. The van der Waals surface area contributed by atoms with Crippen molar-refractivity contribution >= 4 is 18.3 Å². The molecule has 1 heterocycles. The van der Waals surface area contributed by atoms with Crippen LogP contribution in [0.1, 0.15) is 36.8 Å². The van der Waals surface area contributed by atoms with E-state index >= 15 is 0 Å². The molecule has 1 aliphatic rings. The van der Waals surface area contributed by atoms with Gasteiger partial charge in [-0.1, -0.05) is 25.1 Å². The van der Waals surface area contributed by atoms with Crippen LogP contribution >= 0.6 is 12.4 Å². The van der Waals surface area contributed by atoms with Crippen LogP contribution in [0, 0.1) is 5.92 Å². The predicted molar refractivity (Wildman–Crippen MR) is 90.3 cm³/mol.